The lowest BCUT2D eigenvalue weighted by Gasteiger charge is -2.08. The van der Waals surface area contributed by atoms with Gasteiger partial charge in [0.25, 0.3) is 0 Å². The van der Waals surface area contributed by atoms with Crippen molar-refractivity contribution < 1.29 is 14.3 Å². The molecular formula is C19H18N4O3. The molecule has 26 heavy (non-hydrogen) atoms. The number of carbonyl (C=O) groups excluding carboxylic acids is 1. The van der Waals surface area contributed by atoms with E-state index in [9.17, 15) is 4.79 Å². The van der Waals surface area contributed by atoms with Crippen LogP contribution in [0.5, 0.6) is 11.5 Å². The number of H-pyrrole nitrogens is 1. The Labute approximate surface area is 150 Å². The molecule has 0 aliphatic heterocycles. The number of ether oxygens (including phenoxy) is 2. The maximum atomic E-state index is 12.3. The number of amides is 2. The van der Waals surface area contributed by atoms with Gasteiger partial charge in [0.05, 0.1) is 12.6 Å². The van der Waals surface area contributed by atoms with Crippen LogP contribution in [0, 0.1) is 11.8 Å². The molecule has 7 nitrogen and oxygen atoms in total. The third-order valence-corrected chi connectivity index (χ3v) is 3.58. The maximum absolute atomic E-state index is 12.3. The molecule has 7 heteroatoms. The first-order valence-corrected chi connectivity index (χ1v) is 7.92. The Morgan fingerprint density at radius 1 is 1.19 bits per heavy atom. The molecule has 3 rings (SSSR count). The lowest BCUT2D eigenvalue weighted by molar-refractivity contribution is 0.262. The Hall–Kier alpha value is -3.66. The predicted molar refractivity (Wildman–Crippen MR) is 101 cm³/mol. The average Bonchev–Trinajstić information content (AvgIpc) is 3.04. The molecule has 0 atom stereocenters. The number of nitrogens with one attached hydrogen (secondary N) is 3. The molecule has 132 valence electrons. The van der Waals surface area contributed by atoms with Crippen molar-refractivity contribution in [1.29, 1.82) is 0 Å². The lowest BCUT2D eigenvalue weighted by atomic mass is 10.2. The third kappa shape index (κ3) is 4.05. The number of rotatable bonds is 5. The predicted octanol–water partition coefficient (Wildman–Crippen LogP) is 3.62. The highest BCUT2D eigenvalue weighted by molar-refractivity contribution is 6.04. The van der Waals surface area contributed by atoms with Crippen LogP contribution in [0.4, 0.5) is 16.3 Å². The molecule has 0 aliphatic rings. The van der Waals surface area contributed by atoms with E-state index in [2.05, 4.69) is 32.7 Å². The number of nitrogens with zero attached hydrogens (tertiary/aromatic N) is 1. The van der Waals surface area contributed by atoms with Gasteiger partial charge < -0.3 is 14.8 Å². The fraction of sp³-hybridized carbons (Fsp3) is 0.158. The van der Waals surface area contributed by atoms with Crippen LogP contribution in [0.15, 0.2) is 42.5 Å². The first-order chi connectivity index (χ1) is 12.7. The van der Waals surface area contributed by atoms with Gasteiger partial charge in [-0.3, -0.25) is 10.4 Å². The van der Waals surface area contributed by atoms with Crippen molar-refractivity contribution >= 4 is 28.4 Å². The summed E-state index contributed by atoms with van der Waals surface area (Å²) in [4.78, 5) is 12.3. The van der Waals surface area contributed by atoms with Crippen molar-refractivity contribution in [3.05, 3.63) is 42.5 Å². The van der Waals surface area contributed by atoms with Gasteiger partial charge in [-0.15, -0.1) is 5.92 Å². The molecule has 1 aromatic heterocycles. The van der Waals surface area contributed by atoms with E-state index >= 15 is 0 Å². The van der Waals surface area contributed by atoms with Crippen LogP contribution in [0.25, 0.3) is 10.9 Å². The van der Waals surface area contributed by atoms with Crippen LogP contribution in [-0.4, -0.2) is 29.9 Å². The molecule has 0 aliphatic carbocycles. The smallest absolute Gasteiger partial charge is 0.324 e. The fourth-order valence-corrected chi connectivity index (χ4v) is 2.34. The van der Waals surface area contributed by atoms with Gasteiger partial charge in [0.15, 0.2) is 5.82 Å². The van der Waals surface area contributed by atoms with Gasteiger partial charge in [-0.25, -0.2) is 4.79 Å². The van der Waals surface area contributed by atoms with Crippen LogP contribution in [0.1, 0.15) is 6.92 Å². The normalized spacial score (nSPS) is 9.92. The largest absolute Gasteiger partial charge is 0.497 e. The second-order valence-corrected chi connectivity index (χ2v) is 5.31. The summed E-state index contributed by atoms with van der Waals surface area (Å²) >= 11 is 0. The number of hydrogen-bond acceptors (Lipinski definition) is 4. The molecule has 1 heterocycles. The number of aromatic amines is 1. The van der Waals surface area contributed by atoms with Gasteiger partial charge in [-0.1, -0.05) is 12.0 Å². The van der Waals surface area contributed by atoms with E-state index in [1.165, 1.54) is 0 Å². The maximum Gasteiger partial charge on any atom is 0.324 e. The quantitative estimate of drug-likeness (QED) is 0.613. The molecule has 0 unspecified atom stereocenters. The van der Waals surface area contributed by atoms with Crippen molar-refractivity contribution in [1.82, 2.24) is 10.2 Å². The minimum Gasteiger partial charge on any atom is -0.497 e. The van der Waals surface area contributed by atoms with E-state index in [1.807, 2.05) is 12.1 Å². The number of benzene rings is 2. The highest BCUT2D eigenvalue weighted by Crippen LogP contribution is 2.25. The number of anilines is 2. The van der Waals surface area contributed by atoms with Gasteiger partial charge in [-0.05, 0) is 37.3 Å². The Kier molecular flexibility index (Phi) is 5.25. The van der Waals surface area contributed by atoms with E-state index in [-0.39, 0.29) is 0 Å². The zero-order valence-corrected chi connectivity index (χ0v) is 14.4. The van der Waals surface area contributed by atoms with Gasteiger partial charge in [0.1, 0.15) is 18.1 Å². The molecule has 0 saturated heterocycles. The van der Waals surface area contributed by atoms with E-state index in [1.54, 1.807) is 44.4 Å². The average molecular weight is 350 g/mol. The summed E-state index contributed by atoms with van der Waals surface area (Å²) < 4.78 is 10.7. The van der Waals surface area contributed by atoms with Gasteiger partial charge >= 0.3 is 6.03 Å². The molecule has 2 aromatic carbocycles. The van der Waals surface area contributed by atoms with Crippen LogP contribution >= 0.6 is 0 Å². The van der Waals surface area contributed by atoms with E-state index in [4.69, 9.17) is 9.47 Å². The minimum absolute atomic E-state index is 0.305. The fourth-order valence-electron chi connectivity index (χ4n) is 2.34. The van der Waals surface area contributed by atoms with Crippen molar-refractivity contribution in [3.8, 4) is 23.3 Å². The summed E-state index contributed by atoms with van der Waals surface area (Å²) in [7, 11) is 1.57. The molecule has 3 aromatic rings. The first-order valence-electron chi connectivity index (χ1n) is 7.92. The van der Waals surface area contributed by atoms with Crippen LogP contribution in [-0.2, 0) is 0 Å². The molecule has 0 fully saturated rings. The highest BCUT2D eigenvalue weighted by atomic mass is 16.5. The van der Waals surface area contributed by atoms with Crippen LogP contribution < -0.4 is 20.1 Å². The summed E-state index contributed by atoms with van der Waals surface area (Å²) in [5, 5.41) is 13.2. The van der Waals surface area contributed by atoms with Crippen LogP contribution in [0.2, 0.25) is 0 Å². The van der Waals surface area contributed by atoms with E-state index in [0.717, 1.165) is 10.9 Å². The number of urea groups is 1. The first kappa shape index (κ1) is 17.2. The zero-order valence-electron chi connectivity index (χ0n) is 14.4. The molecule has 3 N–H and O–H groups in total. The Balaban J connectivity index is 1.73. The third-order valence-electron chi connectivity index (χ3n) is 3.58. The zero-order chi connectivity index (χ0) is 18.4. The Bertz CT molecular complexity index is 985. The van der Waals surface area contributed by atoms with Crippen LogP contribution in [0.3, 0.4) is 0 Å². The summed E-state index contributed by atoms with van der Waals surface area (Å²) in [6, 6.07) is 12.1. The Morgan fingerprint density at radius 2 is 2.08 bits per heavy atom. The van der Waals surface area contributed by atoms with Gasteiger partial charge in [0, 0.05) is 17.1 Å². The standard InChI is InChI=1S/C19H18N4O3/c1-3-4-10-26-15-8-9-17-16(12-15)18(23-22-17)21-19(24)20-13-6-5-7-14(11-13)25-2/h5-9,11-12H,10H2,1-2H3,(H3,20,21,22,23,24). The summed E-state index contributed by atoms with van der Waals surface area (Å²) in [5.74, 6) is 7.33. The van der Waals surface area contributed by atoms with Crippen molar-refractivity contribution in [2.45, 2.75) is 6.92 Å². The van der Waals surface area contributed by atoms with Gasteiger partial charge in [0.2, 0.25) is 0 Å². The molecule has 0 saturated carbocycles. The SMILES string of the molecule is CC#CCOc1ccc2[nH]nc(NC(=O)Nc3cccc(OC)c3)c2c1. The number of carbonyl (C=O) groups is 1. The van der Waals surface area contributed by atoms with Crippen molar-refractivity contribution in [2.24, 2.45) is 0 Å². The summed E-state index contributed by atoms with van der Waals surface area (Å²) in [6.07, 6.45) is 0. The molecular weight excluding hydrogens is 332 g/mol. The van der Waals surface area contributed by atoms with Crippen molar-refractivity contribution in [3.63, 3.8) is 0 Å². The Morgan fingerprint density at radius 3 is 2.88 bits per heavy atom. The molecule has 0 radical (unpaired) electrons. The number of methoxy groups -OCH3 is 1. The number of fused-ring (bicyclic) bond motifs is 1. The molecule has 0 spiro atoms. The van der Waals surface area contributed by atoms with E-state index < -0.39 is 6.03 Å². The molecule has 2 amide bonds. The van der Waals surface area contributed by atoms with Crippen molar-refractivity contribution in [2.75, 3.05) is 24.4 Å². The second kappa shape index (κ2) is 7.94. The highest BCUT2D eigenvalue weighted by Gasteiger charge is 2.11. The van der Waals surface area contributed by atoms with Gasteiger partial charge in [-0.2, -0.15) is 5.10 Å². The van der Waals surface area contributed by atoms with E-state index in [0.29, 0.717) is 29.6 Å². The second-order valence-electron chi connectivity index (χ2n) is 5.31. The number of aromatic nitrogens is 2. The lowest BCUT2D eigenvalue weighted by Crippen LogP contribution is -2.19. The molecule has 0 bridgehead atoms. The summed E-state index contributed by atoms with van der Waals surface area (Å²) in [6.45, 7) is 2.06. The monoisotopic (exact) mass is 350 g/mol. The number of hydrogen-bond donors (Lipinski definition) is 3. The topological polar surface area (TPSA) is 88.3 Å². The minimum atomic E-state index is -0.408. The summed E-state index contributed by atoms with van der Waals surface area (Å²) in [5.41, 5.74) is 1.40.